The highest BCUT2D eigenvalue weighted by Crippen LogP contribution is 2.30. The molecule has 0 aromatic heterocycles. The van der Waals surface area contributed by atoms with Gasteiger partial charge in [0, 0.05) is 13.0 Å². The van der Waals surface area contributed by atoms with Gasteiger partial charge >= 0.3 is 5.97 Å². The van der Waals surface area contributed by atoms with E-state index in [1.165, 1.54) is 7.11 Å². The molecule has 156 valence electrons. The number of phenols is 1. The van der Waals surface area contributed by atoms with Crippen molar-refractivity contribution in [3.8, 4) is 11.5 Å². The number of phenolic OH excluding ortho intramolecular Hbond substituents is 1. The summed E-state index contributed by atoms with van der Waals surface area (Å²) in [6.07, 6.45) is 1.71. The van der Waals surface area contributed by atoms with Crippen LogP contribution in [0.15, 0.2) is 48.5 Å². The fourth-order valence-corrected chi connectivity index (χ4v) is 3.46. The van der Waals surface area contributed by atoms with Gasteiger partial charge in [-0.05, 0) is 43.0 Å². The Hall–Kier alpha value is -2.60. The van der Waals surface area contributed by atoms with Crippen LogP contribution in [-0.2, 0) is 22.5 Å². The number of methoxy groups -OCH3 is 1. The van der Waals surface area contributed by atoms with Crippen molar-refractivity contribution in [1.82, 2.24) is 5.32 Å². The van der Waals surface area contributed by atoms with Crippen LogP contribution >= 0.6 is 12.2 Å². The minimum Gasteiger partial charge on any atom is -0.504 e. The second kappa shape index (κ2) is 10.8. The van der Waals surface area contributed by atoms with E-state index in [9.17, 15) is 9.90 Å². The number of benzene rings is 2. The number of esters is 1. The topological polar surface area (TPSA) is 67.8 Å². The zero-order valence-electron chi connectivity index (χ0n) is 17.2. The van der Waals surface area contributed by atoms with Crippen LogP contribution in [0.1, 0.15) is 37.8 Å². The van der Waals surface area contributed by atoms with Crippen molar-refractivity contribution < 1.29 is 19.4 Å². The molecule has 0 amide bonds. The maximum Gasteiger partial charge on any atom is 0.312 e. The van der Waals surface area contributed by atoms with Crippen LogP contribution in [0.4, 0.5) is 0 Å². The third-order valence-electron chi connectivity index (χ3n) is 4.65. The van der Waals surface area contributed by atoms with Gasteiger partial charge in [-0.3, -0.25) is 4.79 Å². The molecule has 1 unspecified atom stereocenters. The molecule has 6 heteroatoms. The van der Waals surface area contributed by atoms with Crippen molar-refractivity contribution in [3.63, 3.8) is 0 Å². The molecule has 0 aliphatic heterocycles. The van der Waals surface area contributed by atoms with Crippen LogP contribution in [0.3, 0.4) is 0 Å². The number of ether oxygens (including phenoxy) is 2. The number of hydrogen-bond acceptors (Lipinski definition) is 5. The van der Waals surface area contributed by atoms with Crippen LogP contribution in [0.5, 0.6) is 11.5 Å². The van der Waals surface area contributed by atoms with E-state index in [1.807, 2.05) is 44.2 Å². The molecule has 0 aliphatic rings. The highest BCUT2D eigenvalue weighted by atomic mass is 32.1. The lowest BCUT2D eigenvalue weighted by molar-refractivity contribution is -0.154. The molecule has 29 heavy (non-hydrogen) atoms. The molecule has 2 rings (SSSR count). The van der Waals surface area contributed by atoms with Gasteiger partial charge in [0.1, 0.15) is 0 Å². The smallest absolute Gasteiger partial charge is 0.312 e. The number of thiocarbonyl (C=S) groups is 1. The number of hydrogen-bond donors (Lipinski definition) is 2. The Morgan fingerprint density at radius 2 is 1.90 bits per heavy atom. The molecule has 0 bridgehead atoms. The van der Waals surface area contributed by atoms with Gasteiger partial charge in [-0.1, -0.05) is 55.5 Å². The molecule has 0 spiro atoms. The molecule has 0 fully saturated rings. The summed E-state index contributed by atoms with van der Waals surface area (Å²) in [5.74, 6) is 0.263. The number of carbonyl (C=O) groups excluding carboxylic acids is 1. The highest BCUT2D eigenvalue weighted by Gasteiger charge is 2.36. The van der Waals surface area contributed by atoms with Crippen molar-refractivity contribution in [3.05, 3.63) is 59.7 Å². The van der Waals surface area contributed by atoms with Crippen molar-refractivity contribution in [1.29, 1.82) is 0 Å². The van der Waals surface area contributed by atoms with Gasteiger partial charge in [0.25, 0.3) is 0 Å². The first-order valence-electron chi connectivity index (χ1n) is 9.71. The van der Waals surface area contributed by atoms with E-state index in [0.717, 1.165) is 17.5 Å². The van der Waals surface area contributed by atoms with Gasteiger partial charge in [0.2, 0.25) is 0 Å². The van der Waals surface area contributed by atoms with Gasteiger partial charge in [0.15, 0.2) is 11.5 Å². The maximum atomic E-state index is 12.8. The van der Waals surface area contributed by atoms with Gasteiger partial charge < -0.3 is 19.9 Å². The molecule has 5 nitrogen and oxygen atoms in total. The maximum absolute atomic E-state index is 12.8. The van der Waals surface area contributed by atoms with Crippen LogP contribution in [0, 0.1) is 5.41 Å². The standard InChI is InChI=1S/C23H29NO4S/c1-4-12-28-22(26)23(2,14-17-8-6-5-7-9-17)15-21(29)24-16-18-10-11-19(25)20(13-18)27-3/h5-11,13,25H,4,12,14-16H2,1-3H3,(H,24,29). The van der Waals surface area contributed by atoms with Crippen molar-refractivity contribution in [2.75, 3.05) is 13.7 Å². The van der Waals surface area contributed by atoms with Crippen molar-refractivity contribution in [2.45, 2.75) is 39.7 Å². The molecular formula is C23H29NO4S. The fourth-order valence-electron chi connectivity index (χ4n) is 3.07. The number of aromatic hydroxyl groups is 1. The number of rotatable bonds is 10. The molecule has 0 aliphatic carbocycles. The second-order valence-corrected chi connectivity index (χ2v) is 7.81. The summed E-state index contributed by atoms with van der Waals surface area (Å²) >= 11 is 5.54. The van der Waals surface area contributed by atoms with Gasteiger partial charge in [0.05, 0.1) is 24.1 Å². The van der Waals surface area contributed by atoms with Crippen LogP contribution in [0.2, 0.25) is 0 Å². The van der Waals surface area contributed by atoms with Crippen LogP contribution in [0.25, 0.3) is 0 Å². The largest absolute Gasteiger partial charge is 0.504 e. The molecule has 0 saturated heterocycles. The average Bonchev–Trinajstić information content (AvgIpc) is 2.72. The Bertz CT molecular complexity index is 825. The number of carbonyl (C=O) groups is 1. The van der Waals surface area contributed by atoms with E-state index in [4.69, 9.17) is 21.7 Å². The second-order valence-electron chi connectivity index (χ2n) is 7.32. The minimum absolute atomic E-state index is 0.0907. The summed E-state index contributed by atoms with van der Waals surface area (Å²) < 4.78 is 10.6. The molecule has 2 aromatic carbocycles. The van der Waals surface area contributed by atoms with Crippen molar-refractivity contribution in [2.24, 2.45) is 5.41 Å². The molecule has 0 radical (unpaired) electrons. The Balaban J connectivity index is 2.06. The third-order valence-corrected chi connectivity index (χ3v) is 4.94. The van der Waals surface area contributed by atoms with E-state index in [2.05, 4.69) is 5.32 Å². The summed E-state index contributed by atoms with van der Waals surface area (Å²) in [7, 11) is 1.51. The summed E-state index contributed by atoms with van der Waals surface area (Å²) in [6.45, 7) is 4.74. The Labute approximate surface area is 178 Å². The lowest BCUT2D eigenvalue weighted by atomic mass is 9.80. The van der Waals surface area contributed by atoms with Gasteiger partial charge in [-0.15, -0.1) is 0 Å². The van der Waals surface area contributed by atoms with Gasteiger partial charge in [-0.25, -0.2) is 0 Å². The monoisotopic (exact) mass is 415 g/mol. The molecule has 0 saturated carbocycles. The normalized spacial score (nSPS) is 12.7. The zero-order chi connectivity index (χ0) is 21.3. The SMILES string of the molecule is CCCOC(=O)C(C)(CC(=S)NCc1ccc(O)c(OC)c1)Cc1ccccc1. The average molecular weight is 416 g/mol. The first-order chi connectivity index (χ1) is 13.9. The summed E-state index contributed by atoms with van der Waals surface area (Å²) in [4.78, 5) is 13.4. The first kappa shape index (κ1) is 22.7. The van der Waals surface area contributed by atoms with E-state index < -0.39 is 5.41 Å². The van der Waals surface area contributed by atoms with Crippen molar-refractivity contribution >= 4 is 23.2 Å². The Morgan fingerprint density at radius 3 is 2.55 bits per heavy atom. The van der Waals surface area contributed by atoms with E-state index in [0.29, 0.717) is 36.7 Å². The van der Waals surface area contributed by atoms with E-state index in [-0.39, 0.29) is 11.7 Å². The zero-order valence-corrected chi connectivity index (χ0v) is 18.1. The molecule has 2 aromatic rings. The Morgan fingerprint density at radius 1 is 1.17 bits per heavy atom. The predicted molar refractivity (Wildman–Crippen MR) is 118 cm³/mol. The minimum atomic E-state index is -0.757. The predicted octanol–water partition coefficient (Wildman–Crippen LogP) is 4.41. The quantitative estimate of drug-likeness (QED) is 0.443. The lowest BCUT2D eigenvalue weighted by Crippen LogP contribution is -2.37. The van der Waals surface area contributed by atoms with Crippen LogP contribution in [-0.4, -0.2) is 29.8 Å². The van der Waals surface area contributed by atoms with E-state index >= 15 is 0 Å². The molecular weight excluding hydrogens is 386 g/mol. The first-order valence-corrected chi connectivity index (χ1v) is 10.1. The summed E-state index contributed by atoms with van der Waals surface area (Å²) in [6, 6.07) is 15.0. The summed E-state index contributed by atoms with van der Waals surface area (Å²) in [5, 5.41) is 12.9. The van der Waals surface area contributed by atoms with Crippen LogP contribution < -0.4 is 10.1 Å². The summed E-state index contributed by atoms with van der Waals surface area (Å²) in [5.41, 5.74) is 1.22. The van der Waals surface area contributed by atoms with Gasteiger partial charge in [-0.2, -0.15) is 0 Å². The molecule has 0 heterocycles. The van der Waals surface area contributed by atoms with E-state index in [1.54, 1.807) is 18.2 Å². The molecule has 1 atom stereocenters. The number of nitrogens with one attached hydrogen (secondary N) is 1. The molecule has 2 N–H and O–H groups in total. The lowest BCUT2D eigenvalue weighted by Gasteiger charge is -2.28. The highest BCUT2D eigenvalue weighted by molar-refractivity contribution is 7.80. The Kier molecular flexibility index (Phi) is 8.46. The third kappa shape index (κ3) is 6.75. The fraction of sp³-hybridized carbons (Fsp3) is 0.391.